The molecule has 0 saturated carbocycles. The second-order valence-electron chi connectivity index (χ2n) is 4.06. The average molecular weight is 243 g/mol. The summed E-state index contributed by atoms with van der Waals surface area (Å²) >= 11 is 0. The van der Waals surface area contributed by atoms with Crippen molar-refractivity contribution < 1.29 is 27.4 Å². The maximum Gasteiger partial charge on any atom is 0.490 e. The minimum absolute atomic E-state index is 0.324. The lowest BCUT2D eigenvalue weighted by molar-refractivity contribution is -0.209. The van der Waals surface area contributed by atoms with Crippen LogP contribution in [-0.4, -0.2) is 32.1 Å². The van der Waals surface area contributed by atoms with Crippen molar-refractivity contribution >= 4 is 5.97 Å². The highest BCUT2D eigenvalue weighted by Gasteiger charge is 2.43. The van der Waals surface area contributed by atoms with E-state index in [1.54, 1.807) is 13.8 Å². The van der Waals surface area contributed by atoms with Crippen LogP contribution in [0, 0.1) is 5.41 Å². The van der Waals surface area contributed by atoms with E-state index < -0.39 is 23.8 Å². The molecule has 0 spiro atoms. The molecule has 0 aliphatic heterocycles. The largest absolute Gasteiger partial charge is 0.490 e. The van der Waals surface area contributed by atoms with Crippen LogP contribution in [0.5, 0.6) is 0 Å². The minimum Gasteiger partial charge on any atom is -0.440 e. The average Bonchev–Trinajstić information content (AvgIpc) is 2.13. The van der Waals surface area contributed by atoms with Gasteiger partial charge in [-0.05, 0) is 6.42 Å². The SMILES string of the molecule is COCCC(C)(C)C(N)OC(=O)C(F)(F)F. The molecule has 0 heterocycles. The first-order chi connectivity index (χ1) is 7.11. The van der Waals surface area contributed by atoms with Gasteiger partial charge in [-0.15, -0.1) is 0 Å². The summed E-state index contributed by atoms with van der Waals surface area (Å²) in [5.41, 5.74) is 4.61. The summed E-state index contributed by atoms with van der Waals surface area (Å²) < 4.78 is 44.6. The van der Waals surface area contributed by atoms with E-state index in [-0.39, 0.29) is 0 Å². The molecule has 0 aliphatic carbocycles. The van der Waals surface area contributed by atoms with E-state index in [2.05, 4.69) is 4.74 Å². The summed E-state index contributed by atoms with van der Waals surface area (Å²) in [7, 11) is 1.46. The number of alkyl halides is 3. The van der Waals surface area contributed by atoms with Crippen molar-refractivity contribution in [3.63, 3.8) is 0 Å². The number of nitrogens with two attached hydrogens (primary N) is 1. The third-order valence-electron chi connectivity index (χ3n) is 2.19. The monoisotopic (exact) mass is 243 g/mol. The summed E-state index contributed by atoms with van der Waals surface area (Å²) in [5.74, 6) is -2.27. The molecule has 96 valence electrons. The van der Waals surface area contributed by atoms with Crippen LogP contribution < -0.4 is 5.73 Å². The molecular formula is C9H16F3NO3. The van der Waals surface area contributed by atoms with E-state index >= 15 is 0 Å². The van der Waals surface area contributed by atoms with Gasteiger partial charge in [0.2, 0.25) is 0 Å². The van der Waals surface area contributed by atoms with E-state index in [1.165, 1.54) is 7.11 Å². The first kappa shape index (κ1) is 15.2. The summed E-state index contributed by atoms with van der Waals surface area (Å²) in [4.78, 5) is 10.5. The predicted octanol–water partition coefficient (Wildman–Crippen LogP) is 1.44. The Morgan fingerprint density at radius 1 is 1.38 bits per heavy atom. The normalized spacial score (nSPS) is 14.7. The zero-order chi connectivity index (χ0) is 13.0. The summed E-state index contributed by atoms with van der Waals surface area (Å²) in [6, 6.07) is 0. The Morgan fingerprint density at radius 3 is 2.25 bits per heavy atom. The molecular weight excluding hydrogens is 227 g/mol. The number of rotatable bonds is 5. The zero-order valence-corrected chi connectivity index (χ0v) is 9.43. The molecule has 4 nitrogen and oxygen atoms in total. The van der Waals surface area contributed by atoms with Crippen LogP contribution in [0.2, 0.25) is 0 Å². The van der Waals surface area contributed by atoms with Crippen LogP contribution in [0.1, 0.15) is 20.3 Å². The molecule has 16 heavy (non-hydrogen) atoms. The molecule has 0 rings (SSSR count). The predicted molar refractivity (Wildman–Crippen MR) is 50.4 cm³/mol. The number of halogens is 3. The number of carbonyl (C=O) groups is 1. The van der Waals surface area contributed by atoms with Crippen molar-refractivity contribution in [3.05, 3.63) is 0 Å². The maximum absolute atomic E-state index is 11.9. The van der Waals surface area contributed by atoms with Crippen molar-refractivity contribution in [1.29, 1.82) is 0 Å². The van der Waals surface area contributed by atoms with Gasteiger partial charge in [0.25, 0.3) is 0 Å². The smallest absolute Gasteiger partial charge is 0.440 e. The lowest BCUT2D eigenvalue weighted by Crippen LogP contribution is -2.44. The van der Waals surface area contributed by atoms with Crippen LogP contribution in [0.3, 0.4) is 0 Å². The molecule has 0 aliphatic rings. The molecule has 0 aromatic heterocycles. The number of hydrogen-bond acceptors (Lipinski definition) is 4. The minimum atomic E-state index is -5.02. The van der Waals surface area contributed by atoms with Gasteiger partial charge in [-0.25, -0.2) is 4.79 Å². The van der Waals surface area contributed by atoms with Gasteiger partial charge in [0.1, 0.15) is 0 Å². The lowest BCUT2D eigenvalue weighted by Gasteiger charge is -2.30. The first-order valence-electron chi connectivity index (χ1n) is 4.63. The van der Waals surface area contributed by atoms with Gasteiger partial charge in [-0.3, -0.25) is 5.73 Å². The third kappa shape index (κ3) is 4.80. The topological polar surface area (TPSA) is 61.6 Å². The van der Waals surface area contributed by atoms with Crippen LogP contribution in [0.25, 0.3) is 0 Å². The highest BCUT2D eigenvalue weighted by molar-refractivity contribution is 5.75. The van der Waals surface area contributed by atoms with Crippen molar-refractivity contribution in [1.82, 2.24) is 0 Å². The van der Waals surface area contributed by atoms with Gasteiger partial charge in [0.15, 0.2) is 6.23 Å². The van der Waals surface area contributed by atoms with E-state index in [4.69, 9.17) is 10.5 Å². The Balaban J connectivity index is 4.34. The van der Waals surface area contributed by atoms with Gasteiger partial charge < -0.3 is 9.47 Å². The first-order valence-corrected chi connectivity index (χ1v) is 4.63. The van der Waals surface area contributed by atoms with Gasteiger partial charge >= 0.3 is 12.1 Å². The molecule has 0 radical (unpaired) electrons. The molecule has 7 heteroatoms. The van der Waals surface area contributed by atoms with Gasteiger partial charge in [-0.1, -0.05) is 13.8 Å². The molecule has 2 N–H and O–H groups in total. The van der Waals surface area contributed by atoms with Crippen molar-refractivity contribution in [3.8, 4) is 0 Å². The van der Waals surface area contributed by atoms with Crippen LogP contribution in [-0.2, 0) is 14.3 Å². The van der Waals surface area contributed by atoms with E-state index in [0.29, 0.717) is 13.0 Å². The fourth-order valence-corrected chi connectivity index (χ4v) is 0.849. The van der Waals surface area contributed by atoms with Crippen LogP contribution >= 0.6 is 0 Å². The third-order valence-corrected chi connectivity index (χ3v) is 2.19. The Labute approximate surface area is 91.9 Å². The maximum atomic E-state index is 11.9. The number of ether oxygens (including phenoxy) is 2. The number of methoxy groups -OCH3 is 1. The summed E-state index contributed by atoms with van der Waals surface area (Å²) in [6.45, 7) is 3.52. The van der Waals surface area contributed by atoms with Gasteiger partial charge in [-0.2, -0.15) is 13.2 Å². The zero-order valence-electron chi connectivity index (χ0n) is 9.43. The molecule has 0 bridgehead atoms. The Bertz CT molecular complexity index is 241. The summed E-state index contributed by atoms with van der Waals surface area (Å²) in [6.07, 6.45) is -5.96. The highest BCUT2D eigenvalue weighted by Crippen LogP contribution is 2.27. The van der Waals surface area contributed by atoms with Gasteiger partial charge in [0, 0.05) is 19.1 Å². The van der Waals surface area contributed by atoms with E-state index in [0.717, 1.165) is 0 Å². The molecule has 0 saturated heterocycles. The Morgan fingerprint density at radius 2 is 1.88 bits per heavy atom. The van der Waals surface area contributed by atoms with Crippen molar-refractivity contribution in [2.75, 3.05) is 13.7 Å². The highest BCUT2D eigenvalue weighted by atomic mass is 19.4. The molecule has 0 amide bonds. The number of esters is 1. The van der Waals surface area contributed by atoms with E-state index in [9.17, 15) is 18.0 Å². The molecule has 1 unspecified atom stereocenters. The molecule has 0 aromatic rings. The summed E-state index contributed by atoms with van der Waals surface area (Å²) in [5, 5.41) is 0. The van der Waals surface area contributed by atoms with Crippen molar-refractivity contribution in [2.45, 2.75) is 32.7 Å². The molecule has 0 aromatic carbocycles. The Kier molecular flexibility index (Phi) is 5.21. The van der Waals surface area contributed by atoms with Gasteiger partial charge in [0.05, 0.1) is 0 Å². The lowest BCUT2D eigenvalue weighted by atomic mass is 9.88. The second kappa shape index (κ2) is 5.49. The number of hydrogen-bond donors (Lipinski definition) is 1. The van der Waals surface area contributed by atoms with Crippen LogP contribution in [0.4, 0.5) is 13.2 Å². The van der Waals surface area contributed by atoms with E-state index in [1.807, 2.05) is 0 Å². The number of carbonyl (C=O) groups excluding carboxylic acids is 1. The standard InChI is InChI=1S/C9H16F3NO3/c1-8(2,4-5-15-3)6(13)16-7(14)9(10,11)12/h6H,4-5,13H2,1-3H3. The molecule has 1 atom stereocenters. The van der Waals surface area contributed by atoms with Crippen molar-refractivity contribution in [2.24, 2.45) is 11.1 Å². The molecule has 0 fully saturated rings. The fourth-order valence-electron chi connectivity index (χ4n) is 0.849. The quantitative estimate of drug-likeness (QED) is 0.586. The second-order valence-corrected chi connectivity index (χ2v) is 4.06. The Hall–Kier alpha value is -0.820. The van der Waals surface area contributed by atoms with Crippen LogP contribution in [0.15, 0.2) is 0 Å². The fraction of sp³-hybridized carbons (Fsp3) is 0.889.